The molecule has 0 atom stereocenters. The molecule has 2 heterocycles. The maximum Gasteiger partial charge on any atom is 0.122 e. The second kappa shape index (κ2) is 4.16. The van der Waals surface area contributed by atoms with Crippen molar-refractivity contribution in [2.75, 3.05) is 6.61 Å². The first-order valence-corrected chi connectivity index (χ1v) is 6.28. The van der Waals surface area contributed by atoms with Crippen molar-refractivity contribution in [3.8, 4) is 17.0 Å². The van der Waals surface area contributed by atoms with Gasteiger partial charge in [-0.1, -0.05) is 0 Å². The highest BCUT2D eigenvalue weighted by Crippen LogP contribution is 2.32. The highest BCUT2D eigenvalue weighted by Gasteiger charge is 2.15. The summed E-state index contributed by atoms with van der Waals surface area (Å²) >= 11 is 3.47. The molecule has 1 aliphatic rings. The zero-order valence-electron chi connectivity index (χ0n) is 9.16. The third-order valence-corrected chi connectivity index (χ3v) is 3.44. The molecule has 0 bridgehead atoms. The van der Waals surface area contributed by atoms with Crippen LogP contribution in [0.1, 0.15) is 11.4 Å². The average Bonchev–Trinajstić information content (AvgIpc) is 2.93. The average molecular weight is 294 g/mol. The number of aromatic amines is 1. The number of nitrogens with zero attached hydrogens (tertiary/aromatic N) is 1. The molecule has 3 rings (SSSR count). The Morgan fingerprint density at radius 1 is 1.47 bits per heavy atom. The van der Waals surface area contributed by atoms with E-state index in [1.54, 1.807) is 0 Å². The SMILES string of the molecule is NCc1nc(-c2ccc3c(c2)CCO3)c(Br)[nH]1. The van der Waals surface area contributed by atoms with Gasteiger partial charge in [-0.2, -0.15) is 0 Å². The molecule has 4 nitrogen and oxygen atoms in total. The van der Waals surface area contributed by atoms with Crippen LogP contribution in [0.4, 0.5) is 0 Å². The fraction of sp³-hybridized carbons (Fsp3) is 0.250. The molecule has 0 radical (unpaired) electrons. The summed E-state index contributed by atoms with van der Waals surface area (Å²) in [5, 5.41) is 0. The Kier molecular flexibility index (Phi) is 2.64. The molecule has 0 aliphatic carbocycles. The largest absolute Gasteiger partial charge is 0.493 e. The van der Waals surface area contributed by atoms with E-state index in [0.29, 0.717) is 6.54 Å². The highest BCUT2D eigenvalue weighted by atomic mass is 79.9. The summed E-state index contributed by atoms with van der Waals surface area (Å²) in [6.07, 6.45) is 0.967. The predicted octanol–water partition coefficient (Wildman–Crippen LogP) is 2.23. The first-order chi connectivity index (χ1) is 8.28. The van der Waals surface area contributed by atoms with Crippen LogP contribution in [0.2, 0.25) is 0 Å². The summed E-state index contributed by atoms with van der Waals surface area (Å²) in [5.74, 6) is 1.77. The van der Waals surface area contributed by atoms with Crippen LogP contribution in [0.25, 0.3) is 11.3 Å². The lowest BCUT2D eigenvalue weighted by molar-refractivity contribution is 0.357. The Hall–Kier alpha value is -1.33. The van der Waals surface area contributed by atoms with Gasteiger partial charge < -0.3 is 15.5 Å². The van der Waals surface area contributed by atoms with Gasteiger partial charge in [-0.05, 0) is 39.7 Å². The number of aromatic nitrogens is 2. The minimum absolute atomic E-state index is 0.409. The van der Waals surface area contributed by atoms with Crippen LogP contribution in [0.3, 0.4) is 0 Å². The van der Waals surface area contributed by atoms with Crippen LogP contribution < -0.4 is 10.5 Å². The highest BCUT2D eigenvalue weighted by molar-refractivity contribution is 9.10. The number of hydrogen-bond acceptors (Lipinski definition) is 3. The number of benzene rings is 1. The molecule has 0 spiro atoms. The molecule has 0 saturated carbocycles. The first-order valence-electron chi connectivity index (χ1n) is 5.48. The standard InChI is InChI=1S/C12H12BrN3O/c13-12-11(15-10(6-14)16-12)8-1-2-9-7(5-8)3-4-17-9/h1-2,5H,3-4,6,14H2,(H,15,16). The molecule has 1 aromatic heterocycles. The molecule has 5 heteroatoms. The van der Waals surface area contributed by atoms with Gasteiger partial charge in [-0.15, -0.1) is 0 Å². The van der Waals surface area contributed by atoms with E-state index in [2.05, 4.69) is 32.0 Å². The van der Waals surface area contributed by atoms with Gasteiger partial charge in [0.05, 0.1) is 13.2 Å². The number of halogens is 1. The van der Waals surface area contributed by atoms with Crippen molar-refractivity contribution in [2.24, 2.45) is 5.73 Å². The summed E-state index contributed by atoms with van der Waals surface area (Å²) in [6, 6.07) is 6.15. The Balaban J connectivity index is 2.06. The second-order valence-electron chi connectivity index (χ2n) is 3.97. The Morgan fingerprint density at radius 2 is 2.35 bits per heavy atom. The number of nitrogens with one attached hydrogen (secondary N) is 1. The Labute approximate surface area is 107 Å². The zero-order chi connectivity index (χ0) is 11.8. The van der Waals surface area contributed by atoms with E-state index >= 15 is 0 Å². The number of imidazole rings is 1. The third-order valence-electron chi connectivity index (χ3n) is 2.86. The minimum atomic E-state index is 0.409. The van der Waals surface area contributed by atoms with Crippen LogP contribution in [0.15, 0.2) is 22.8 Å². The van der Waals surface area contributed by atoms with Gasteiger partial charge in [0.1, 0.15) is 21.9 Å². The van der Waals surface area contributed by atoms with Crippen molar-refractivity contribution < 1.29 is 4.74 Å². The number of nitrogens with two attached hydrogens (primary N) is 1. The van der Waals surface area contributed by atoms with Gasteiger partial charge in [0.25, 0.3) is 0 Å². The number of H-pyrrole nitrogens is 1. The van der Waals surface area contributed by atoms with E-state index in [1.165, 1.54) is 5.56 Å². The molecule has 88 valence electrons. The van der Waals surface area contributed by atoms with E-state index in [1.807, 2.05) is 12.1 Å². The van der Waals surface area contributed by atoms with Crippen molar-refractivity contribution in [1.29, 1.82) is 0 Å². The lowest BCUT2D eigenvalue weighted by Gasteiger charge is -2.01. The molecule has 0 saturated heterocycles. The summed E-state index contributed by atoms with van der Waals surface area (Å²) in [7, 11) is 0. The molecular formula is C12H12BrN3O. The summed E-state index contributed by atoms with van der Waals surface area (Å²) in [6.45, 7) is 1.18. The molecule has 2 aromatic rings. The van der Waals surface area contributed by atoms with Gasteiger partial charge in [0.2, 0.25) is 0 Å². The van der Waals surface area contributed by atoms with Crippen molar-refractivity contribution in [2.45, 2.75) is 13.0 Å². The van der Waals surface area contributed by atoms with Crippen LogP contribution in [0, 0.1) is 0 Å². The third kappa shape index (κ3) is 1.85. The molecule has 0 amide bonds. The maximum absolute atomic E-state index is 5.57. The molecule has 0 unspecified atom stereocenters. The molecule has 3 N–H and O–H groups in total. The van der Waals surface area contributed by atoms with E-state index < -0.39 is 0 Å². The summed E-state index contributed by atoms with van der Waals surface area (Å²) in [5.41, 5.74) is 8.79. The molecular weight excluding hydrogens is 282 g/mol. The second-order valence-corrected chi connectivity index (χ2v) is 4.76. The van der Waals surface area contributed by atoms with Gasteiger partial charge >= 0.3 is 0 Å². The van der Waals surface area contributed by atoms with Crippen LogP contribution >= 0.6 is 15.9 Å². The summed E-state index contributed by atoms with van der Waals surface area (Å²) in [4.78, 5) is 7.57. The van der Waals surface area contributed by atoms with E-state index in [4.69, 9.17) is 10.5 Å². The van der Waals surface area contributed by atoms with Crippen LogP contribution in [0.5, 0.6) is 5.75 Å². The molecule has 1 aliphatic heterocycles. The lowest BCUT2D eigenvalue weighted by Crippen LogP contribution is -1.97. The predicted molar refractivity (Wildman–Crippen MR) is 68.8 cm³/mol. The van der Waals surface area contributed by atoms with Crippen molar-refractivity contribution in [3.63, 3.8) is 0 Å². The van der Waals surface area contributed by atoms with Crippen molar-refractivity contribution >= 4 is 15.9 Å². The fourth-order valence-electron chi connectivity index (χ4n) is 2.02. The van der Waals surface area contributed by atoms with E-state index in [-0.39, 0.29) is 0 Å². The monoisotopic (exact) mass is 293 g/mol. The lowest BCUT2D eigenvalue weighted by atomic mass is 10.1. The minimum Gasteiger partial charge on any atom is -0.493 e. The van der Waals surface area contributed by atoms with E-state index in [9.17, 15) is 0 Å². The van der Waals surface area contributed by atoms with Crippen molar-refractivity contribution in [1.82, 2.24) is 9.97 Å². The van der Waals surface area contributed by atoms with Gasteiger partial charge in [0.15, 0.2) is 0 Å². The number of ether oxygens (including phenoxy) is 1. The van der Waals surface area contributed by atoms with Crippen molar-refractivity contribution in [3.05, 3.63) is 34.2 Å². The van der Waals surface area contributed by atoms with Gasteiger partial charge in [-0.3, -0.25) is 0 Å². The topological polar surface area (TPSA) is 63.9 Å². The Bertz CT molecular complexity index is 565. The van der Waals surface area contributed by atoms with Gasteiger partial charge in [-0.25, -0.2) is 4.98 Å². The fourth-order valence-corrected chi connectivity index (χ4v) is 2.57. The first kappa shape index (κ1) is 10.8. The van der Waals surface area contributed by atoms with Crippen LogP contribution in [-0.2, 0) is 13.0 Å². The van der Waals surface area contributed by atoms with Crippen LogP contribution in [-0.4, -0.2) is 16.6 Å². The smallest absolute Gasteiger partial charge is 0.122 e. The molecule has 0 fully saturated rings. The quantitative estimate of drug-likeness (QED) is 0.892. The number of rotatable bonds is 2. The number of hydrogen-bond donors (Lipinski definition) is 2. The van der Waals surface area contributed by atoms with Gasteiger partial charge in [0, 0.05) is 12.0 Å². The normalized spacial score (nSPS) is 13.5. The molecule has 1 aromatic carbocycles. The molecule has 17 heavy (non-hydrogen) atoms. The summed E-state index contributed by atoms with van der Waals surface area (Å²) < 4.78 is 6.36. The number of fused-ring (bicyclic) bond motifs is 1. The Morgan fingerprint density at radius 3 is 3.12 bits per heavy atom. The maximum atomic E-state index is 5.57. The van der Waals surface area contributed by atoms with E-state index in [0.717, 1.165) is 40.5 Å². The zero-order valence-corrected chi connectivity index (χ0v) is 10.8.